The van der Waals surface area contributed by atoms with E-state index in [2.05, 4.69) is 15.5 Å². The summed E-state index contributed by atoms with van der Waals surface area (Å²) in [6.07, 6.45) is 7.38. The van der Waals surface area contributed by atoms with Gasteiger partial charge in [0.2, 0.25) is 11.8 Å². The molecule has 1 aromatic carbocycles. The molecule has 5 heteroatoms. The molecule has 26 heavy (non-hydrogen) atoms. The van der Waals surface area contributed by atoms with Crippen molar-refractivity contribution in [3.8, 4) is 0 Å². The number of carbonyl (C=O) groups excluding carboxylic acids is 2. The maximum Gasteiger partial charge on any atom is 0.238 e. The minimum Gasteiger partial charge on any atom is -0.353 e. The Hall–Kier alpha value is -1.88. The number of para-hydroxylation sites is 1. The van der Waals surface area contributed by atoms with Crippen LogP contribution in [0, 0.1) is 13.8 Å². The van der Waals surface area contributed by atoms with E-state index >= 15 is 0 Å². The molecule has 0 unspecified atom stereocenters. The van der Waals surface area contributed by atoms with Crippen molar-refractivity contribution < 1.29 is 9.59 Å². The number of rotatable bonds is 8. The van der Waals surface area contributed by atoms with Gasteiger partial charge in [-0.3, -0.25) is 14.5 Å². The number of carbonyl (C=O) groups is 2. The molecule has 2 aliphatic rings. The molecule has 0 saturated heterocycles. The highest BCUT2D eigenvalue weighted by Gasteiger charge is 2.30. The molecule has 2 N–H and O–H groups in total. The molecule has 0 radical (unpaired) electrons. The average Bonchev–Trinajstić information content (AvgIpc) is 3.32. The van der Waals surface area contributed by atoms with Crippen LogP contribution < -0.4 is 10.6 Å². The van der Waals surface area contributed by atoms with E-state index in [1.807, 2.05) is 32.0 Å². The zero-order chi connectivity index (χ0) is 18.5. The van der Waals surface area contributed by atoms with Gasteiger partial charge in [0.1, 0.15) is 0 Å². The summed E-state index contributed by atoms with van der Waals surface area (Å²) in [5.74, 6) is 0.128. The molecule has 1 aromatic rings. The summed E-state index contributed by atoms with van der Waals surface area (Å²) in [5, 5.41) is 6.19. The van der Waals surface area contributed by atoms with Crippen LogP contribution in [0.4, 0.5) is 5.69 Å². The summed E-state index contributed by atoms with van der Waals surface area (Å²) in [7, 11) is 0. The first-order valence-corrected chi connectivity index (χ1v) is 9.92. The standard InChI is InChI=1S/C21H31N3O2/c1-15-6-5-7-16(2)21(15)23-20(26)14-24(18-10-11-18)13-12-19(25)22-17-8-3-4-9-17/h5-7,17-18H,3-4,8-14H2,1-2H3,(H,22,25)(H,23,26). The Morgan fingerprint density at radius 3 is 2.31 bits per heavy atom. The first-order valence-electron chi connectivity index (χ1n) is 9.92. The van der Waals surface area contributed by atoms with Gasteiger partial charge in [-0.15, -0.1) is 0 Å². The Bertz CT molecular complexity index is 628. The Morgan fingerprint density at radius 2 is 1.69 bits per heavy atom. The molecule has 2 saturated carbocycles. The van der Waals surface area contributed by atoms with Gasteiger partial charge < -0.3 is 10.6 Å². The highest BCUT2D eigenvalue weighted by Crippen LogP contribution is 2.27. The van der Waals surface area contributed by atoms with E-state index in [1.54, 1.807) is 0 Å². The van der Waals surface area contributed by atoms with Crippen molar-refractivity contribution >= 4 is 17.5 Å². The number of benzene rings is 1. The lowest BCUT2D eigenvalue weighted by molar-refractivity contribution is -0.123. The molecule has 5 nitrogen and oxygen atoms in total. The third-order valence-electron chi connectivity index (χ3n) is 5.50. The fourth-order valence-corrected chi connectivity index (χ4v) is 3.82. The van der Waals surface area contributed by atoms with Gasteiger partial charge in [-0.1, -0.05) is 31.0 Å². The highest BCUT2D eigenvalue weighted by molar-refractivity contribution is 5.93. The lowest BCUT2D eigenvalue weighted by Crippen LogP contribution is -2.39. The number of nitrogens with zero attached hydrogens (tertiary/aromatic N) is 1. The molecule has 0 bridgehead atoms. The second-order valence-electron chi connectivity index (χ2n) is 7.82. The fraction of sp³-hybridized carbons (Fsp3) is 0.619. The van der Waals surface area contributed by atoms with E-state index in [9.17, 15) is 9.59 Å². The number of aryl methyl sites for hydroxylation is 2. The molecule has 2 aliphatic carbocycles. The van der Waals surface area contributed by atoms with Crippen LogP contribution >= 0.6 is 0 Å². The number of amides is 2. The number of hydrogen-bond donors (Lipinski definition) is 2. The first-order chi connectivity index (χ1) is 12.5. The second kappa shape index (κ2) is 8.67. The van der Waals surface area contributed by atoms with E-state index in [0.29, 0.717) is 31.6 Å². The third-order valence-corrected chi connectivity index (χ3v) is 5.50. The largest absolute Gasteiger partial charge is 0.353 e. The van der Waals surface area contributed by atoms with Crippen molar-refractivity contribution in [2.24, 2.45) is 0 Å². The zero-order valence-electron chi connectivity index (χ0n) is 16.0. The monoisotopic (exact) mass is 357 g/mol. The van der Waals surface area contributed by atoms with Gasteiger partial charge >= 0.3 is 0 Å². The van der Waals surface area contributed by atoms with Crippen LogP contribution in [0.25, 0.3) is 0 Å². The average molecular weight is 357 g/mol. The van der Waals surface area contributed by atoms with E-state index in [4.69, 9.17) is 0 Å². The van der Waals surface area contributed by atoms with Gasteiger partial charge in [-0.2, -0.15) is 0 Å². The maximum atomic E-state index is 12.5. The summed E-state index contributed by atoms with van der Waals surface area (Å²) in [4.78, 5) is 26.9. The molecule has 0 spiro atoms. The summed E-state index contributed by atoms with van der Waals surface area (Å²) in [6, 6.07) is 6.84. The van der Waals surface area contributed by atoms with Gasteiger partial charge in [0, 0.05) is 30.7 Å². The van der Waals surface area contributed by atoms with Gasteiger partial charge in [0.25, 0.3) is 0 Å². The Morgan fingerprint density at radius 1 is 1.04 bits per heavy atom. The summed E-state index contributed by atoms with van der Waals surface area (Å²) < 4.78 is 0. The topological polar surface area (TPSA) is 61.4 Å². The normalized spacial score (nSPS) is 17.5. The summed E-state index contributed by atoms with van der Waals surface area (Å²) in [5.41, 5.74) is 3.06. The van der Waals surface area contributed by atoms with Gasteiger partial charge in [-0.25, -0.2) is 0 Å². The van der Waals surface area contributed by atoms with Crippen molar-refractivity contribution in [2.75, 3.05) is 18.4 Å². The van der Waals surface area contributed by atoms with E-state index in [0.717, 1.165) is 42.5 Å². The van der Waals surface area contributed by atoms with Crippen LogP contribution in [-0.2, 0) is 9.59 Å². The smallest absolute Gasteiger partial charge is 0.238 e. The molecule has 0 aliphatic heterocycles. The van der Waals surface area contributed by atoms with Crippen LogP contribution in [0.1, 0.15) is 56.1 Å². The van der Waals surface area contributed by atoms with Crippen LogP contribution in [-0.4, -0.2) is 41.9 Å². The molecule has 0 aromatic heterocycles. The van der Waals surface area contributed by atoms with Crippen molar-refractivity contribution in [1.29, 1.82) is 0 Å². The lowest BCUT2D eigenvalue weighted by atomic mass is 10.1. The van der Waals surface area contributed by atoms with E-state index < -0.39 is 0 Å². The Labute approximate surface area is 156 Å². The highest BCUT2D eigenvalue weighted by atomic mass is 16.2. The van der Waals surface area contributed by atoms with Crippen LogP contribution in [0.3, 0.4) is 0 Å². The van der Waals surface area contributed by atoms with Gasteiger partial charge in [0.15, 0.2) is 0 Å². The summed E-state index contributed by atoms with van der Waals surface area (Å²) >= 11 is 0. The zero-order valence-corrected chi connectivity index (χ0v) is 16.0. The quantitative estimate of drug-likeness (QED) is 0.751. The predicted octanol–water partition coefficient (Wildman–Crippen LogP) is 3.16. The Kier molecular flexibility index (Phi) is 6.30. The third kappa shape index (κ3) is 5.31. The van der Waals surface area contributed by atoms with Crippen molar-refractivity contribution in [2.45, 2.75) is 70.9 Å². The molecule has 2 fully saturated rings. The minimum absolute atomic E-state index is 0.00509. The molecule has 3 rings (SSSR count). The van der Waals surface area contributed by atoms with E-state index in [-0.39, 0.29) is 11.8 Å². The molecule has 142 valence electrons. The molecule has 0 heterocycles. The summed E-state index contributed by atoms with van der Waals surface area (Å²) in [6.45, 7) is 5.03. The van der Waals surface area contributed by atoms with Crippen molar-refractivity contribution in [3.63, 3.8) is 0 Å². The van der Waals surface area contributed by atoms with Crippen molar-refractivity contribution in [1.82, 2.24) is 10.2 Å². The molecule has 0 atom stereocenters. The van der Waals surface area contributed by atoms with Gasteiger partial charge in [-0.05, 0) is 50.7 Å². The van der Waals surface area contributed by atoms with Gasteiger partial charge in [0.05, 0.1) is 6.54 Å². The van der Waals surface area contributed by atoms with Crippen LogP contribution in [0.5, 0.6) is 0 Å². The van der Waals surface area contributed by atoms with Crippen LogP contribution in [0.2, 0.25) is 0 Å². The SMILES string of the molecule is Cc1cccc(C)c1NC(=O)CN(CCC(=O)NC1CCCC1)C1CC1. The minimum atomic E-state index is 0.00509. The van der Waals surface area contributed by atoms with Crippen molar-refractivity contribution in [3.05, 3.63) is 29.3 Å². The number of hydrogen-bond acceptors (Lipinski definition) is 3. The first kappa shape index (κ1) is 18.9. The second-order valence-corrected chi connectivity index (χ2v) is 7.82. The molecular formula is C21H31N3O2. The molecule has 2 amide bonds. The predicted molar refractivity (Wildman–Crippen MR) is 104 cm³/mol. The van der Waals surface area contributed by atoms with E-state index in [1.165, 1.54) is 12.8 Å². The Balaban J connectivity index is 1.48. The molecular weight excluding hydrogens is 326 g/mol. The van der Waals surface area contributed by atoms with Crippen LogP contribution in [0.15, 0.2) is 18.2 Å². The fourth-order valence-electron chi connectivity index (χ4n) is 3.82. The maximum absolute atomic E-state index is 12.5. The lowest BCUT2D eigenvalue weighted by Gasteiger charge is -2.22. The number of nitrogens with one attached hydrogen (secondary N) is 2. The number of anilines is 1.